The summed E-state index contributed by atoms with van der Waals surface area (Å²) in [6, 6.07) is 9.78. The molecule has 0 atom stereocenters. The van der Waals surface area contributed by atoms with Gasteiger partial charge < -0.3 is 14.4 Å². The van der Waals surface area contributed by atoms with Crippen molar-refractivity contribution in [3.63, 3.8) is 0 Å². The molecule has 0 N–H and O–H groups in total. The molecular formula is C19H23N3O3. The smallest absolute Gasteiger partial charge is 0.278 e. The summed E-state index contributed by atoms with van der Waals surface area (Å²) in [6.45, 7) is 4.44. The van der Waals surface area contributed by atoms with Gasteiger partial charge in [-0.2, -0.15) is 5.10 Å². The van der Waals surface area contributed by atoms with Crippen molar-refractivity contribution in [2.45, 2.75) is 31.7 Å². The van der Waals surface area contributed by atoms with Gasteiger partial charge in [0, 0.05) is 6.54 Å². The number of para-hydroxylation sites is 1. The summed E-state index contributed by atoms with van der Waals surface area (Å²) in [5.74, 6) is 0.500. The number of rotatable bonds is 5. The van der Waals surface area contributed by atoms with Gasteiger partial charge >= 0.3 is 0 Å². The van der Waals surface area contributed by atoms with Crippen LogP contribution in [-0.4, -0.2) is 52.5 Å². The van der Waals surface area contributed by atoms with Gasteiger partial charge in [-0.25, -0.2) is 4.68 Å². The molecule has 1 aromatic heterocycles. The van der Waals surface area contributed by atoms with E-state index in [0.717, 1.165) is 24.9 Å². The molecule has 25 heavy (non-hydrogen) atoms. The van der Waals surface area contributed by atoms with Crippen LogP contribution in [0.1, 0.15) is 36.7 Å². The largest absolute Gasteiger partial charge is 0.489 e. The quantitative estimate of drug-likeness (QED) is 0.839. The zero-order chi connectivity index (χ0) is 17.3. The first kappa shape index (κ1) is 16.1. The molecule has 1 spiro atoms. The zero-order valence-corrected chi connectivity index (χ0v) is 14.5. The third-order valence-electron chi connectivity index (χ3n) is 4.84. The summed E-state index contributed by atoms with van der Waals surface area (Å²) in [5.41, 5.74) is 1.19. The number of hydrogen-bond acceptors (Lipinski definition) is 4. The summed E-state index contributed by atoms with van der Waals surface area (Å²) in [4.78, 5) is 15.1. The van der Waals surface area contributed by atoms with Crippen LogP contribution in [0.25, 0.3) is 5.69 Å². The Balaban J connectivity index is 1.67. The van der Waals surface area contributed by atoms with Crippen molar-refractivity contribution in [2.24, 2.45) is 0 Å². The molecule has 0 unspecified atom stereocenters. The van der Waals surface area contributed by atoms with Gasteiger partial charge in [-0.15, -0.1) is 0 Å². The van der Waals surface area contributed by atoms with E-state index in [1.54, 1.807) is 10.9 Å². The van der Waals surface area contributed by atoms with E-state index >= 15 is 0 Å². The van der Waals surface area contributed by atoms with Crippen molar-refractivity contribution >= 4 is 5.91 Å². The van der Waals surface area contributed by atoms with E-state index in [4.69, 9.17) is 9.47 Å². The van der Waals surface area contributed by atoms with Gasteiger partial charge in [-0.05, 0) is 31.4 Å². The Labute approximate surface area is 147 Å². The van der Waals surface area contributed by atoms with Gasteiger partial charge in [0.1, 0.15) is 0 Å². The Hall–Kier alpha value is -2.34. The lowest BCUT2D eigenvalue weighted by molar-refractivity contribution is -0.0122. The van der Waals surface area contributed by atoms with Crippen LogP contribution in [0.2, 0.25) is 0 Å². The highest BCUT2D eigenvalue weighted by Crippen LogP contribution is 2.44. The predicted molar refractivity (Wildman–Crippen MR) is 93.2 cm³/mol. The number of carbonyl (C=O) groups excluding carboxylic acids is 1. The van der Waals surface area contributed by atoms with Crippen molar-refractivity contribution in [1.29, 1.82) is 0 Å². The Morgan fingerprint density at radius 2 is 2.12 bits per heavy atom. The Morgan fingerprint density at radius 1 is 1.32 bits per heavy atom. The standard InChI is InChI=1S/C19H23N3O3/c1-2-11-25-16-13-22(15-6-4-3-5-7-15)20-17(16)18(23)21-10-12-24-14-19(21)8-9-19/h3-7,13H,2,8-12,14H2,1H3. The maximum absolute atomic E-state index is 13.2. The number of morpholine rings is 1. The highest BCUT2D eigenvalue weighted by Gasteiger charge is 2.52. The van der Waals surface area contributed by atoms with Crippen molar-refractivity contribution < 1.29 is 14.3 Å². The minimum atomic E-state index is -0.117. The maximum atomic E-state index is 13.2. The second kappa shape index (κ2) is 6.52. The summed E-state index contributed by atoms with van der Waals surface area (Å²) in [5, 5.41) is 4.56. The number of ether oxygens (including phenoxy) is 2. The molecule has 2 aliphatic rings. The summed E-state index contributed by atoms with van der Waals surface area (Å²) < 4.78 is 13.1. The molecule has 4 rings (SSSR count). The minimum Gasteiger partial charge on any atom is -0.489 e. The van der Waals surface area contributed by atoms with Crippen molar-refractivity contribution in [1.82, 2.24) is 14.7 Å². The SMILES string of the molecule is CCCOc1cn(-c2ccccc2)nc1C(=O)N1CCOCC12CC2. The normalized spacial score (nSPS) is 18.4. The Bertz CT molecular complexity index is 753. The van der Waals surface area contributed by atoms with Gasteiger partial charge in [0.15, 0.2) is 11.4 Å². The molecule has 2 aromatic rings. The fraction of sp³-hybridized carbons (Fsp3) is 0.474. The number of hydrogen-bond donors (Lipinski definition) is 0. The van der Waals surface area contributed by atoms with Gasteiger partial charge in [-0.1, -0.05) is 25.1 Å². The average molecular weight is 341 g/mol. The van der Waals surface area contributed by atoms with Crippen molar-refractivity contribution in [3.05, 3.63) is 42.2 Å². The van der Waals surface area contributed by atoms with Gasteiger partial charge in [0.05, 0.1) is 37.2 Å². The van der Waals surface area contributed by atoms with Crippen LogP contribution in [0.4, 0.5) is 0 Å². The molecule has 0 bridgehead atoms. The highest BCUT2D eigenvalue weighted by atomic mass is 16.5. The first-order valence-corrected chi connectivity index (χ1v) is 8.91. The summed E-state index contributed by atoms with van der Waals surface area (Å²) >= 11 is 0. The maximum Gasteiger partial charge on any atom is 0.278 e. The predicted octanol–water partition coefficient (Wildman–Crippen LogP) is 2.67. The molecule has 1 saturated heterocycles. The van der Waals surface area contributed by atoms with Gasteiger partial charge in [0.25, 0.3) is 5.91 Å². The van der Waals surface area contributed by atoms with Crippen molar-refractivity contribution in [3.8, 4) is 11.4 Å². The molecule has 1 aliphatic heterocycles. The number of benzene rings is 1. The average Bonchev–Trinajstić information content (AvgIpc) is 3.28. The van der Waals surface area contributed by atoms with E-state index < -0.39 is 0 Å². The highest BCUT2D eigenvalue weighted by molar-refractivity contribution is 5.96. The van der Waals surface area contributed by atoms with Crippen molar-refractivity contribution in [2.75, 3.05) is 26.4 Å². The molecule has 1 aromatic carbocycles. The van der Waals surface area contributed by atoms with E-state index in [1.807, 2.05) is 42.2 Å². The minimum absolute atomic E-state index is 0.0541. The molecule has 6 nitrogen and oxygen atoms in total. The molecule has 1 aliphatic carbocycles. The van der Waals surface area contributed by atoms with Crippen LogP contribution in [0, 0.1) is 0 Å². The lowest BCUT2D eigenvalue weighted by Gasteiger charge is -2.35. The number of aromatic nitrogens is 2. The fourth-order valence-electron chi connectivity index (χ4n) is 3.27. The van der Waals surface area contributed by atoms with Crippen LogP contribution < -0.4 is 4.74 Å². The monoisotopic (exact) mass is 341 g/mol. The van der Waals surface area contributed by atoms with E-state index in [-0.39, 0.29) is 11.4 Å². The molecule has 2 heterocycles. The molecule has 1 saturated carbocycles. The van der Waals surface area contributed by atoms with Crippen LogP contribution in [0.3, 0.4) is 0 Å². The molecule has 1 amide bonds. The number of carbonyl (C=O) groups is 1. The lowest BCUT2D eigenvalue weighted by atomic mass is 10.2. The molecule has 2 fully saturated rings. The summed E-state index contributed by atoms with van der Waals surface area (Å²) in [7, 11) is 0. The van der Waals surface area contributed by atoms with Crippen LogP contribution in [0.15, 0.2) is 36.5 Å². The van der Waals surface area contributed by atoms with Crippen LogP contribution in [0.5, 0.6) is 5.75 Å². The molecule has 132 valence electrons. The molecule has 0 radical (unpaired) electrons. The number of nitrogens with zero attached hydrogens (tertiary/aromatic N) is 3. The lowest BCUT2D eigenvalue weighted by Crippen LogP contribution is -2.50. The first-order valence-electron chi connectivity index (χ1n) is 8.91. The van der Waals surface area contributed by atoms with E-state index in [9.17, 15) is 4.79 Å². The zero-order valence-electron chi connectivity index (χ0n) is 14.5. The summed E-state index contributed by atoms with van der Waals surface area (Å²) in [6.07, 6.45) is 4.69. The van der Waals surface area contributed by atoms with Gasteiger partial charge in [0.2, 0.25) is 0 Å². The van der Waals surface area contributed by atoms with Crippen LogP contribution in [-0.2, 0) is 4.74 Å². The van der Waals surface area contributed by atoms with E-state index in [1.165, 1.54) is 0 Å². The first-order chi connectivity index (χ1) is 12.2. The van der Waals surface area contributed by atoms with Crippen LogP contribution >= 0.6 is 0 Å². The topological polar surface area (TPSA) is 56.6 Å². The second-order valence-corrected chi connectivity index (χ2v) is 6.70. The third kappa shape index (κ3) is 3.02. The van der Waals surface area contributed by atoms with E-state index in [2.05, 4.69) is 5.10 Å². The Kier molecular flexibility index (Phi) is 4.21. The van der Waals surface area contributed by atoms with Gasteiger partial charge in [-0.3, -0.25) is 4.79 Å². The molecule has 6 heteroatoms. The fourth-order valence-corrected chi connectivity index (χ4v) is 3.27. The number of amides is 1. The third-order valence-corrected chi connectivity index (χ3v) is 4.84. The second-order valence-electron chi connectivity index (χ2n) is 6.70. The molecular weight excluding hydrogens is 318 g/mol. The Morgan fingerprint density at radius 3 is 2.84 bits per heavy atom. The van der Waals surface area contributed by atoms with E-state index in [0.29, 0.717) is 37.8 Å².